The molecule has 0 aromatic rings. The molecular formula is C44H76N6O17. The summed E-state index contributed by atoms with van der Waals surface area (Å²) in [5.41, 5.74) is 0. The Bertz CT molecular complexity index is 1470. The Balaban J connectivity index is 3.89. The van der Waals surface area contributed by atoms with Crippen molar-refractivity contribution in [3.05, 3.63) is 0 Å². The maximum Gasteiger partial charge on any atom is 0.326 e. The number of carbonyl (C=O) groups is 10. The smallest absolute Gasteiger partial charge is 0.326 e. The molecule has 0 spiro atoms. The molecule has 0 radical (unpaired) electrons. The maximum atomic E-state index is 12.5. The van der Waals surface area contributed by atoms with Gasteiger partial charge in [-0.1, -0.05) is 77.0 Å². The van der Waals surface area contributed by atoms with Crippen molar-refractivity contribution in [2.75, 3.05) is 59.3 Å². The maximum absolute atomic E-state index is 12.5. The van der Waals surface area contributed by atoms with Crippen molar-refractivity contribution in [2.45, 2.75) is 159 Å². The molecule has 0 aliphatic heterocycles. The minimum Gasteiger partial charge on any atom is -0.481 e. The molecule has 384 valence electrons. The number of rotatable bonds is 47. The van der Waals surface area contributed by atoms with Crippen molar-refractivity contribution in [3.63, 3.8) is 0 Å². The second-order valence-corrected chi connectivity index (χ2v) is 15.9. The number of ether oxygens (including phenoxy) is 3. The molecule has 0 aromatic heterocycles. The van der Waals surface area contributed by atoms with E-state index >= 15 is 0 Å². The molecule has 0 fully saturated rings. The Morgan fingerprint density at radius 2 is 0.866 bits per heavy atom. The first-order valence-corrected chi connectivity index (χ1v) is 23.4. The van der Waals surface area contributed by atoms with E-state index in [2.05, 4.69) is 21.3 Å². The monoisotopic (exact) mass is 961 g/mol. The van der Waals surface area contributed by atoms with Gasteiger partial charge in [-0.05, 0) is 32.1 Å². The fraction of sp³-hybridized carbons (Fsp3) is 0.773. The molecule has 0 heterocycles. The SMILES string of the molecule is O=CNCC(=O)N[C@@H](CC(=O)O)C(=O)N[C@@H](CC(=O)NCCCOCCOCCOCCCNC(=O)CC[C@H](NC(=O)CCCCCCCCCCCCCCCCC(=O)O)C(=O)O)C(=O)O. The fourth-order valence-electron chi connectivity index (χ4n) is 6.41. The lowest BCUT2D eigenvalue weighted by atomic mass is 10.0. The molecule has 10 N–H and O–H groups in total. The van der Waals surface area contributed by atoms with Gasteiger partial charge in [0.15, 0.2) is 0 Å². The van der Waals surface area contributed by atoms with Crippen LogP contribution < -0.4 is 31.9 Å². The molecule has 0 aromatic carbocycles. The minimum atomic E-state index is -1.72. The normalized spacial score (nSPS) is 12.2. The summed E-state index contributed by atoms with van der Waals surface area (Å²) in [6, 6.07) is -4.52. The summed E-state index contributed by atoms with van der Waals surface area (Å²) in [6.07, 6.45) is 14.9. The van der Waals surface area contributed by atoms with Crippen LogP contribution in [0.4, 0.5) is 0 Å². The van der Waals surface area contributed by atoms with Crippen LogP contribution in [0.2, 0.25) is 0 Å². The molecule has 6 amide bonds. The van der Waals surface area contributed by atoms with Gasteiger partial charge in [-0.15, -0.1) is 0 Å². The van der Waals surface area contributed by atoms with Crippen LogP contribution in [0, 0.1) is 0 Å². The van der Waals surface area contributed by atoms with Gasteiger partial charge in [0.05, 0.1) is 45.8 Å². The Hall–Kier alpha value is -5.42. The minimum absolute atomic E-state index is 0.0263. The first kappa shape index (κ1) is 61.6. The topological polar surface area (TPSA) is 351 Å². The number of carbonyl (C=O) groups excluding carboxylic acids is 6. The summed E-state index contributed by atoms with van der Waals surface area (Å²) in [5, 5.41) is 50.6. The predicted octanol–water partition coefficient (Wildman–Crippen LogP) is 1.39. The van der Waals surface area contributed by atoms with Gasteiger partial charge in [-0.25, -0.2) is 9.59 Å². The molecule has 67 heavy (non-hydrogen) atoms. The number of aliphatic carboxylic acids is 4. The van der Waals surface area contributed by atoms with E-state index < -0.39 is 79.1 Å². The van der Waals surface area contributed by atoms with Crippen molar-refractivity contribution >= 4 is 59.8 Å². The summed E-state index contributed by atoms with van der Waals surface area (Å²) in [5.74, 6) is -8.35. The molecule has 0 aliphatic rings. The largest absolute Gasteiger partial charge is 0.481 e. The van der Waals surface area contributed by atoms with Crippen LogP contribution in [0.5, 0.6) is 0 Å². The number of unbranched alkanes of at least 4 members (excludes halogenated alkanes) is 13. The highest BCUT2D eigenvalue weighted by Crippen LogP contribution is 2.14. The van der Waals surface area contributed by atoms with E-state index in [0.29, 0.717) is 45.6 Å². The highest BCUT2D eigenvalue weighted by atomic mass is 16.5. The molecular weight excluding hydrogens is 885 g/mol. The number of carboxylic acid groups (broad SMARTS) is 4. The molecule has 0 unspecified atom stereocenters. The van der Waals surface area contributed by atoms with Gasteiger partial charge in [0.25, 0.3) is 0 Å². The zero-order valence-corrected chi connectivity index (χ0v) is 38.8. The lowest BCUT2D eigenvalue weighted by Crippen LogP contribution is -2.54. The van der Waals surface area contributed by atoms with Gasteiger partial charge < -0.3 is 66.5 Å². The zero-order chi connectivity index (χ0) is 49.9. The lowest BCUT2D eigenvalue weighted by Gasteiger charge is -2.20. The van der Waals surface area contributed by atoms with Crippen LogP contribution in [0.15, 0.2) is 0 Å². The van der Waals surface area contributed by atoms with Crippen LogP contribution >= 0.6 is 0 Å². The molecule has 0 aliphatic carbocycles. The van der Waals surface area contributed by atoms with Crippen molar-refractivity contribution in [1.82, 2.24) is 31.9 Å². The molecule has 0 rings (SSSR count). The highest BCUT2D eigenvalue weighted by Gasteiger charge is 2.29. The zero-order valence-electron chi connectivity index (χ0n) is 38.8. The number of carboxylic acids is 4. The van der Waals surface area contributed by atoms with E-state index in [9.17, 15) is 58.2 Å². The Labute approximate surface area is 392 Å². The molecule has 0 saturated carbocycles. The Morgan fingerprint density at radius 1 is 0.418 bits per heavy atom. The highest BCUT2D eigenvalue weighted by molar-refractivity contribution is 5.94. The van der Waals surface area contributed by atoms with E-state index in [1.54, 1.807) is 0 Å². The third-order valence-electron chi connectivity index (χ3n) is 10.0. The molecule has 0 saturated heterocycles. The molecule has 23 heteroatoms. The third kappa shape index (κ3) is 39.5. The second kappa shape index (κ2) is 42.0. The predicted molar refractivity (Wildman–Crippen MR) is 240 cm³/mol. The van der Waals surface area contributed by atoms with Crippen LogP contribution in [0.1, 0.15) is 141 Å². The van der Waals surface area contributed by atoms with Crippen molar-refractivity contribution in [1.29, 1.82) is 0 Å². The number of amides is 6. The first-order valence-electron chi connectivity index (χ1n) is 23.4. The lowest BCUT2D eigenvalue weighted by molar-refractivity contribution is -0.145. The summed E-state index contributed by atoms with van der Waals surface area (Å²) in [7, 11) is 0. The van der Waals surface area contributed by atoms with E-state index in [-0.39, 0.29) is 70.3 Å². The summed E-state index contributed by atoms with van der Waals surface area (Å²) in [4.78, 5) is 116. The van der Waals surface area contributed by atoms with Crippen LogP contribution in [-0.4, -0.2) is 158 Å². The number of hydrogen-bond donors (Lipinski definition) is 10. The van der Waals surface area contributed by atoms with E-state index in [0.717, 1.165) is 44.9 Å². The second-order valence-electron chi connectivity index (χ2n) is 15.9. The van der Waals surface area contributed by atoms with Gasteiger partial charge in [0, 0.05) is 45.6 Å². The number of hydrogen-bond acceptors (Lipinski definition) is 13. The van der Waals surface area contributed by atoms with E-state index in [4.69, 9.17) is 24.4 Å². The molecule has 23 nitrogen and oxygen atoms in total. The Morgan fingerprint density at radius 3 is 1.33 bits per heavy atom. The van der Waals surface area contributed by atoms with Gasteiger partial charge in [-0.2, -0.15) is 0 Å². The molecule has 3 atom stereocenters. The summed E-state index contributed by atoms with van der Waals surface area (Å²) < 4.78 is 16.3. The fourth-order valence-corrected chi connectivity index (χ4v) is 6.41. The van der Waals surface area contributed by atoms with E-state index in [1.807, 2.05) is 10.6 Å². The van der Waals surface area contributed by atoms with Crippen molar-refractivity contribution < 1.29 is 82.6 Å². The average molecular weight is 961 g/mol. The molecule has 0 bridgehead atoms. The summed E-state index contributed by atoms with van der Waals surface area (Å²) in [6.45, 7) is 1.63. The quantitative estimate of drug-likeness (QED) is 0.0304. The van der Waals surface area contributed by atoms with Gasteiger partial charge in [0.1, 0.15) is 18.1 Å². The van der Waals surface area contributed by atoms with E-state index in [1.165, 1.54) is 38.5 Å². The standard InChI is InChI=1S/C44H76N6O17/c51-32-45-31-39(55)49-34(30-41(58)59)42(60)50-35(44(63)64)29-38(54)47-22-16-24-66-26-28-67-27-25-65-23-15-21-46-36(52)20-19-33(43(61)62)48-37(53)17-13-11-9-7-5-3-1-2-4-6-8-10-12-14-18-40(56)57/h32-35H,1-31H2,(H,45,51)(H,46,52)(H,47,54)(H,48,53)(H,49,55)(H,50,60)(H,56,57)(H,58,59)(H,61,62)(H,63,64)/t33-,34-,35-/m0/s1. The van der Waals surface area contributed by atoms with Crippen LogP contribution in [-0.2, 0) is 62.2 Å². The van der Waals surface area contributed by atoms with Gasteiger partial charge in [0.2, 0.25) is 35.9 Å². The average Bonchev–Trinajstić information content (AvgIpc) is 3.27. The van der Waals surface area contributed by atoms with Gasteiger partial charge in [-0.3, -0.25) is 38.4 Å². The van der Waals surface area contributed by atoms with Crippen LogP contribution in [0.3, 0.4) is 0 Å². The number of nitrogens with one attached hydrogen (secondary N) is 6. The van der Waals surface area contributed by atoms with Crippen molar-refractivity contribution in [3.8, 4) is 0 Å². The first-order chi connectivity index (χ1) is 32.2. The summed E-state index contributed by atoms with van der Waals surface area (Å²) >= 11 is 0. The van der Waals surface area contributed by atoms with Crippen LogP contribution in [0.25, 0.3) is 0 Å². The van der Waals surface area contributed by atoms with Gasteiger partial charge >= 0.3 is 23.9 Å². The Kier molecular flexibility index (Phi) is 38.6. The third-order valence-corrected chi connectivity index (χ3v) is 10.0. The van der Waals surface area contributed by atoms with Crippen molar-refractivity contribution in [2.24, 2.45) is 0 Å².